The zero-order valence-corrected chi connectivity index (χ0v) is 18.2. The van der Waals surface area contributed by atoms with Crippen LogP contribution in [0.3, 0.4) is 0 Å². The lowest BCUT2D eigenvalue weighted by molar-refractivity contribution is 0.0992. The summed E-state index contributed by atoms with van der Waals surface area (Å²) in [6.45, 7) is 3.06. The average molecular weight is 437 g/mol. The van der Waals surface area contributed by atoms with Crippen LogP contribution in [0.2, 0.25) is 0 Å². The molecule has 2 amide bonds. The van der Waals surface area contributed by atoms with Crippen molar-refractivity contribution in [2.24, 2.45) is 17.2 Å². The van der Waals surface area contributed by atoms with Crippen molar-refractivity contribution in [3.63, 3.8) is 0 Å². The van der Waals surface area contributed by atoms with E-state index < -0.39 is 5.91 Å². The summed E-state index contributed by atoms with van der Waals surface area (Å²) in [6, 6.07) is 18.0. The van der Waals surface area contributed by atoms with Crippen LogP contribution in [0, 0.1) is 0 Å². The first-order valence-corrected chi connectivity index (χ1v) is 11.2. The summed E-state index contributed by atoms with van der Waals surface area (Å²) in [5.74, 6) is -0.752. The Kier molecular flexibility index (Phi) is 7.94. The maximum atomic E-state index is 11.1. The Hall–Kier alpha value is -3.00. The summed E-state index contributed by atoms with van der Waals surface area (Å²) in [6.07, 6.45) is 2.32. The molecule has 2 aromatic carbocycles. The molecule has 1 saturated heterocycles. The van der Waals surface area contributed by atoms with Gasteiger partial charge in [0.2, 0.25) is 11.8 Å². The molecule has 31 heavy (non-hydrogen) atoms. The van der Waals surface area contributed by atoms with Crippen molar-refractivity contribution in [1.82, 2.24) is 4.90 Å². The molecule has 0 radical (unpaired) electrons. The van der Waals surface area contributed by atoms with Crippen LogP contribution < -0.4 is 17.2 Å². The quantitative estimate of drug-likeness (QED) is 0.569. The van der Waals surface area contributed by atoms with Gasteiger partial charge in [0.15, 0.2) is 0 Å². The standard InChI is InChI=1S/C19H23N3O.C5H5NOS/c20-18-2-1-11-22(13-18)12-14-3-5-15(6-4-14)16-7-9-17(10-8-16)19(21)23;6-5(7)4-1-2-8-3-4/h3-10,18H,1-2,11-13,20H2,(H2,21,23);1-3H,(H2,6,7)/t18-;/m0./s1. The summed E-state index contributed by atoms with van der Waals surface area (Å²) in [4.78, 5) is 23.8. The first kappa shape index (κ1) is 22.7. The van der Waals surface area contributed by atoms with Gasteiger partial charge in [-0.05, 0) is 59.7 Å². The highest BCUT2D eigenvalue weighted by molar-refractivity contribution is 7.08. The van der Waals surface area contributed by atoms with E-state index >= 15 is 0 Å². The molecule has 1 aliphatic heterocycles. The Morgan fingerprint density at radius 3 is 2.00 bits per heavy atom. The molecule has 1 aromatic heterocycles. The summed E-state index contributed by atoms with van der Waals surface area (Å²) >= 11 is 1.47. The predicted octanol–water partition coefficient (Wildman–Crippen LogP) is 3.22. The van der Waals surface area contributed by atoms with Gasteiger partial charge in [-0.25, -0.2) is 0 Å². The smallest absolute Gasteiger partial charge is 0.249 e. The zero-order valence-electron chi connectivity index (χ0n) is 17.4. The second-order valence-electron chi connectivity index (χ2n) is 7.65. The molecule has 0 aliphatic carbocycles. The van der Waals surface area contributed by atoms with Crippen molar-refractivity contribution in [1.29, 1.82) is 0 Å². The fourth-order valence-corrected chi connectivity index (χ4v) is 4.17. The number of nitrogens with two attached hydrogens (primary N) is 3. The molecule has 1 aliphatic rings. The lowest BCUT2D eigenvalue weighted by Gasteiger charge is -2.30. The molecule has 162 valence electrons. The number of amides is 2. The first-order valence-electron chi connectivity index (χ1n) is 10.2. The van der Waals surface area contributed by atoms with Gasteiger partial charge in [0.05, 0.1) is 0 Å². The van der Waals surface area contributed by atoms with Gasteiger partial charge in [0.1, 0.15) is 0 Å². The molecule has 2 heterocycles. The number of carbonyl (C=O) groups is 2. The number of hydrogen-bond donors (Lipinski definition) is 3. The van der Waals surface area contributed by atoms with Gasteiger partial charge in [-0.15, -0.1) is 0 Å². The van der Waals surface area contributed by atoms with Crippen LogP contribution in [0.1, 0.15) is 39.1 Å². The van der Waals surface area contributed by atoms with E-state index in [0.29, 0.717) is 17.2 Å². The largest absolute Gasteiger partial charge is 0.366 e. The molecule has 0 saturated carbocycles. The predicted molar refractivity (Wildman–Crippen MR) is 126 cm³/mol. The highest BCUT2D eigenvalue weighted by atomic mass is 32.1. The zero-order chi connectivity index (χ0) is 22.2. The van der Waals surface area contributed by atoms with Gasteiger partial charge >= 0.3 is 0 Å². The normalized spacial score (nSPS) is 16.2. The Morgan fingerprint density at radius 2 is 1.52 bits per heavy atom. The second-order valence-corrected chi connectivity index (χ2v) is 8.43. The van der Waals surface area contributed by atoms with Crippen molar-refractivity contribution in [2.45, 2.75) is 25.4 Å². The molecule has 1 fully saturated rings. The lowest BCUT2D eigenvalue weighted by Crippen LogP contribution is -2.42. The van der Waals surface area contributed by atoms with Crippen LogP contribution in [0.4, 0.5) is 0 Å². The number of primary amides is 2. The summed E-state index contributed by atoms with van der Waals surface area (Å²) < 4.78 is 0. The van der Waals surface area contributed by atoms with Gasteiger partial charge in [0, 0.05) is 35.6 Å². The number of piperidine rings is 1. The van der Waals surface area contributed by atoms with Gasteiger partial charge < -0.3 is 17.2 Å². The van der Waals surface area contributed by atoms with E-state index in [1.165, 1.54) is 23.3 Å². The van der Waals surface area contributed by atoms with Gasteiger partial charge in [-0.3, -0.25) is 14.5 Å². The van der Waals surface area contributed by atoms with Crippen molar-refractivity contribution in [3.05, 3.63) is 82.0 Å². The molecular formula is C24H28N4O2S. The molecule has 7 heteroatoms. The molecule has 4 rings (SSSR count). The van der Waals surface area contributed by atoms with E-state index in [-0.39, 0.29) is 5.91 Å². The lowest BCUT2D eigenvalue weighted by atomic mass is 10.0. The van der Waals surface area contributed by atoms with Gasteiger partial charge in [-0.2, -0.15) is 11.3 Å². The Labute approximate surface area is 186 Å². The molecular weight excluding hydrogens is 408 g/mol. The maximum absolute atomic E-state index is 11.1. The second kappa shape index (κ2) is 10.9. The number of rotatable bonds is 5. The number of benzene rings is 2. The fourth-order valence-electron chi connectivity index (χ4n) is 3.53. The summed E-state index contributed by atoms with van der Waals surface area (Å²) in [5.41, 5.74) is 20.9. The highest BCUT2D eigenvalue weighted by Gasteiger charge is 2.16. The molecule has 0 unspecified atom stereocenters. The maximum Gasteiger partial charge on any atom is 0.249 e. The van der Waals surface area contributed by atoms with Crippen molar-refractivity contribution in [3.8, 4) is 11.1 Å². The van der Waals surface area contributed by atoms with Crippen molar-refractivity contribution < 1.29 is 9.59 Å². The Bertz CT molecular complexity index is 985. The highest BCUT2D eigenvalue weighted by Crippen LogP contribution is 2.21. The topological polar surface area (TPSA) is 115 Å². The van der Waals surface area contributed by atoms with Gasteiger partial charge in [0.25, 0.3) is 0 Å². The molecule has 6 nitrogen and oxygen atoms in total. The van der Waals surface area contributed by atoms with E-state index in [9.17, 15) is 9.59 Å². The van der Waals surface area contributed by atoms with Crippen molar-refractivity contribution in [2.75, 3.05) is 13.1 Å². The number of likely N-dealkylation sites (tertiary alicyclic amines) is 1. The third-order valence-electron chi connectivity index (χ3n) is 5.21. The molecule has 3 aromatic rings. The van der Waals surface area contributed by atoms with Crippen molar-refractivity contribution >= 4 is 23.2 Å². The van der Waals surface area contributed by atoms with E-state index in [4.69, 9.17) is 17.2 Å². The van der Waals surface area contributed by atoms with Crippen LogP contribution in [0.5, 0.6) is 0 Å². The summed E-state index contributed by atoms with van der Waals surface area (Å²) in [5, 5.41) is 3.54. The Morgan fingerprint density at radius 1 is 0.903 bits per heavy atom. The fraction of sp³-hybridized carbons (Fsp3) is 0.250. The van der Waals surface area contributed by atoms with Crippen LogP contribution in [-0.4, -0.2) is 35.8 Å². The third-order valence-corrected chi connectivity index (χ3v) is 5.89. The summed E-state index contributed by atoms with van der Waals surface area (Å²) in [7, 11) is 0. The number of nitrogens with zero attached hydrogens (tertiary/aromatic N) is 1. The minimum Gasteiger partial charge on any atom is -0.366 e. The first-order chi connectivity index (χ1) is 14.9. The van der Waals surface area contributed by atoms with Crippen LogP contribution in [0.15, 0.2) is 65.4 Å². The minimum absolute atomic E-state index is 0.312. The third kappa shape index (κ3) is 6.75. The van der Waals surface area contributed by atoms with E-state index in [0.717, 1.165) is 37.2 Å². The van der Waals surface area contributed by atoms with E-state index in [2.05, 4.69) is 29.2 Å². The molecule has 1 atom stereocenters. The van der Waals surface area contributed by atoms with Crippen LogP contribution >= 0.6 is 11.3 Å². The molecule has 6 N–H and O–H groups in total. The Balaban J connectivity index is 0.000000287. The van der Waals surface area contributed by atoms with Crippen LogP contribution in [0.25, 0.3) is 11.1 Å². The average Bonchev–Trinajstić information content (AvgIpc) is 3.30. The SMILES string of the molecule is NC(=O)c1ccc(-c2ccc(CN3CCC[C@H](N)C3)cc2)cc1.NC(=O)c1ccsc1. The number of carbonyl (C=O) groups excluding carboxylic acids is 2. The number of thiophene rings is 1. The van der Waals surface area contributed by atoms with E-state index in [1.54, 1.807) is 23.6 Å². The van der Waals surface area contributed by atoms with Gasteiger partial charge in [-0.1, -0.05) is 36.4 Å². The monoisotopic (exact) mass is 436 g/mol. The molecule has 0 bridgehead atoms. The minimum atomic E-state index is -0.397. The van der Waals surface area contributed by atoms with Crippen LogP contribution in [-0.2, 0) is 6.54 Å². The van der Waals surface area contributed by atoms with E-state index in [1.807, 2.05) is 17.5 Å². The number of hydrogen-bond acceptors (Lipinski definition) is 5. The molecule has 0 spiro atoms.